The predicted molar refractivity (Wildman–Crippen MR) is 118 cm³/mol. The highest BCUT2D eigenvalue weighted by Gasteiger charge is 2.60. The van der Waals surface area contributed by atoms with Crippen molar-refractivity contribution in [3.05, 3.63) is 88.1 Å². The van der Waals surface area contributed by atoms with Crippen LogP contribution in [-0.2, 0) is 22.7 Å². The van der Waals surface area contributed by atoms with E-state index in [1.807, 2.05) is 47.2 Å². The second kappa shape index (κ2) is 7.67. The van der Waals surface area contributed by atoms with E-state index >= 15 is 0 Å². The Morgan fingerprint density at radius 3 is 2.55 bits per heavy atom. The Morgan fingerprint density at radius 1 is 1.00 bits per heavy atom. The number of anilines is 1. The largest absolute Gasteiger partial charge is 0.348 e. The summed E-state index contributed by atoms with van der Waals surface area (Å²) in [6, 6.07) is 18.5. The molecule has 1 atom stereocenters. The molecule has 2 aliphatic rings. The molecule has 1 fully saturated rings. The number of carbonyl (C=O) groups excluding carboxylic acids is 3. The van der Waals surface area contributed by atoms with Gasteiger partial charge in [-0.25, -0.2) is 0 Å². The van der Waals surface area contributed by atoms with E-state index in [2.05, 4.69) is 5.32 Å². The monoisotopic (exact) mass is 431 g/mol. The molecule has 7 heteroatoms. The standard InChI is InChI=1S/C24H21N3O3S/c28-21-10-12-24(23(30)25-14-18-11-13-31-16-18)26(15-17-6-2-1-3-7-17)22(29)19-8-4-5-9-20(19)27(21)24/h1-9,11,13,16H,10,12,14-15H2,(H,25,30). The van der Waals surface area contributed by atoms with Crippen LogP contribution in [0.3, 0.4) is 0 Å². The van der Waals surface area contributed by atoms with Crippen LogP contribution in [0.15, 0.2) is 71.4 Å². The van der Waals surface area contributed by atoms with Gasteiger partial charge < -0.3 is 10.2 Å². The van der Waals surface area contributed by atoms with Gasteiger partial charge in [0.15, 0.2) is 0 Å². The van der Waals surface area contributed by atoms with Crippen molar-refractivity contribution in [3.8, 4) is 0 Å². The van der Waals surface area contributed by atoms with E-state index in [1.165, 1.54) is 4.90 Å². The lowest BCUT2D eigenvalue weighted by Crippen LogP contribution is -2.70. The van der Waals surface area contributed by atoms with Crippen LogP contribution in [0.2, 0.25) is 0 Å². The van der Waals surface area contributed by atoms with Crippen LogP contribution in [0, 0.1) is 0 Å². The fourth-order valence-electron chi connectivity index (χ4n) is 4.49. The number of rotatable bonds is 5. The zero-order chi connectivity index (χ0) is 21.4. The van der Waals surface area contributed by atoms with E-state index in [-0.39, 0.29) is 37.1 Å². The maximum atomic E-state index is 13.7. The van der Waals surface area contributed by atoms with E-state index in [9.17, 15) is 14.4 Å². The average molecular weight is 432 g/mol. The highest BCUT2D eigenvalue weighted by molar-refractivity contribution is 7.07. The van der Waals surface area contributed by atoms with Crippen LogP contribution >= 0.6 is 11.3 Å². The SMILES string of the molecule is O=C1c2ccccc2N2C(=O)CCC2(C(=O)NCc2ccsc2)N1Cc1ccccc1. The Kier molecular flexibility index (Phi) is 4.82. The molecule has 1 unspecified atom stereocenters. The molecular formula is C24H21N3O3S. The Bertz CT molecular complexity index is 1150. The minimum Gasteiger partial charge on any atom is -0.348 e. The number of para-hydroxylation sites is 1. The lowest BCUT2D eigenvalue weighted by molar-refractivity contribution is -0.134. The minimum atomic E-state index is -1.38. The van der Waals surface area contributed by atoms with E-state index in [4.69, 9.17) is 0 Å². The molecule has 0 saturated carbocycles. The number of thiophene rings is 1. The highest BCUT2D eigenvalue weighted by Crippen LogP contribution is 2.45. The number of benzene rings is 2. The quantitative estimate of drug-likeness (QED) is 0.672. The predicted octanol–water partition coefficient (Wildman–Crippen LogP) is 3.54. The fourth-order valence-corrected chi connectivity index (χ4v) is 5.16. The summed E-state index contributed by atoms with van der Waals surface area (Å²) < 4.78 is 0. The first-order valence-electron chi connectivity index (χ1n) is 10.2. The first-order chi connectivity index (χ1) is 15.1. The number of fused-ring (bicyclic) bond motifs is 3. The normalized spacial score (nSPS) is 19.9. The summed E-state index contributed by atoms with van der Waals surface area (Å²) >= 11 is 1.56. The number of hydrogen-bond acceptors (Lipinski definition) is 4. The maximum Gasteiger partial charge on any atom is 0.267 e. The molecule has 31 heavy (non-hydrogen) atoms. The van der Waals surface area contributed by atoms with Crippen LogP contribution in [0.25, 0.3) is 0 Å². The van der Waals surface area contributed by atoms with Crippen molar-refractivity contribution in [2.45, 2.75) is 31.6 Å². The van der Waals surface area contributed by atoms with Gasteiger partial charge >= 0.3 is 0 Å². The fraction of sp³-hybridized carbons (Fsp3) is 0.208. The van der Waals surface area contributed by atoms with Gasteiger partial charge in [-0.2, -0.15) is 11.3 Å². The van der Waals surface area contributed by atoms with Crippen LogP contribution in [0.1, 0.15) is 34.3 Å². The molecular weight excluding hydrogens is 410 g/mol. The van der Waals surface area contributed by atoms with Gasteiger partial charge in [0.2, 0.25) is 11.6 Å². The molecule has 3 amide bonds. The zero-order valence-electron chi connectivity index (χ0n) is 16.8. The average Bonchev–Trinajstić information content (AvgIpc) is 3.44. The molecule has 0 bridgehead atoms. The summed E-state index contributed by atoms with van der Waals surface area (Å²) in [4.78, 5) is 43.5. The highest BCUT2D eigenvalue weighted by atomic mass is 32.1. The molecule has 156 valence electrons. The molecule has 3 aromatic rings. The first-order valence-corrected chi connectivity index (χ1v) is 11.1. The van der Waals surface area contributed by atoms with Crippen LogP contribution < -0.4 is 10.2 Å². The number of nitrogens with one attached hydrogen (secondary N) is 1. The Morgan fingerprint density at radius 2 is 1.77 bits per heavy atom. The Hall–Kier alpha value is -3.45. The van der Waals surface area contributed by atoms with Crippen LogP contribution in [0.4, 0.5) is 5.69 Å². The number of hydrogen-bond donors (Lipinski definition) is 1. The van der Waals surface area contributed by atoms with Gasteiger partial charge in [0.25, 0.3) is 11.8 Å². The van der Waals surface area contributed by atoms with Crippen LogP contribution in [0.5, 0.6) is 0 Å². The minimum absolute atomic E-state index is 0.149. The molecule has 2 aliphatic heterocycles. The lowest BCUT2D eigenvalue weighted by Gasteiger charge is -2.49. The third-order valence-electron chi connectivity index (χ3n) is 5.95. The smallest absolute Gasteiger partial charge is 0.267 e. The molecule has 6 nitrogen and oxygen atoms in total. The third kappa shape index (κ3) is 3.13. The topological polar surface area (TPSA) is 69.7 Å². The summed E-state index contributed by atoms with van der Waals surface area (Å²) in [6.07, 6.45) is 0.465. The first kappa shape index (κ1) is 19.5. The number of carbonyl (C=O) groups is 3. The third-order valence-corrected chi connectivity index (χ3v) is 6.69. The van der Waals surface area contributed by atoms with E-state index in [0.29, 0.717) is 17.8 Å². The molecule has 0 aliphatic carbocycles. The van der Waals surface area contributed by atoms with Crippen molar-refractivity contribution in [2.24, 2.45) is 0 Å². The van der Waals surface area contributed by atoms with Crippen LogP contribution in [-0.4, -0.2) is 28.3 Å². The molecule has 2 aromatic carbocycles. The van der Waals surface area contributed by atoms with Gasteiger partial charge in [0, 0.05) is 25.9 Å². The van der Waals surface area contributed by atoms with Crippen molar-refractivity contribution < 1.29 is 14.4 Å². The van der Waals surface area contributed by atoms with Crippen molar-refractivity contribution in [1.29, 1.82) is 0 Å². The van der Waals surface area contributed by atoms with Gasteiger partial charge in [0.05, 0.1) is 11.3 Å². The molecule has 1 saturated heterocycles. The van der Waals surface area contributed by atoms with Gasteiger partial charge in [-0.3, -0.25) is 19.3 Å². The summed E-state index contributed by atoms with van der Waals surface area (Å²) in [5.74, 6) is -0.719. The number of amides is 3. The van der Waals surface area contributed by atoms with E-state index in [0.717, 1.165) is 11.1 Å². The molecule has 1 aromatic heterocycles. The van der Waals surface area contributed by atoms with Crippen molar-refractivity contribution in [3.63, 3.8) is 0 Å². The molecule has 3 heterocycles. The summed E-state index contributed by atoms with van der Waals surface area (Å²) in [7, 11) is 0. The van der Waals surface area contributed by atoms with Crippen molar-refractivity contribution >= 4 is 34.7 Å². The summed E-state index contributed by atoms with van der Waals surface area (Å²) in [5.41, 5.74) is 1.45. The lowest BCUT2D eigenvalue weighted by atomic mass is 9.94. The molecule has 0 spiro atoms. The van der Waals surface area contributed by atoms with Crippen molar-refractivity contribution in [2.75, 3.05) is 4.90 Å². The van der Waals surface area contributed by atoms with E-state index in [1.54, 1.807) is 40.5 Å². The zero-order valence-corrected chi connectivity index (χ0v) is 17.6. The Labute approximate surface area is 184 Å². The maximum absolute atomic E-state index is 13.7. The van der Waals surface area contributed by atoms with Gasteiger partial charge in [-0.05, 0) is 40.1 Å². The Balaban J connectivity index is 1.60. The molecule has 0 radical (unpaired) electrons. The summed E-state index contributed by atoms with van der Waals surface area (Å²) in [6.45, 7) is 0.588. The molecule has 1 N–H and O–H groups in total. The summed E-state index contributed by atoms with van der Waals surface area (Å²) in [5, 5.41) is 6.91. The van der Waals surface area contributed by atoms with Gasteiger partial charge in [0.1, 0.15) is 0 Å². The second-order valence-electron chi connectivity index (χ2n) is 7.75. The van der Waals surface area contributed by atoms with Gasteiger partial charge in [-0.15, -0.1) is 0 Å². The van der Waals surface area contributed by atoms with Gasteiger partial charge in [-0.1, -0.05) is 42.5 Å². The number of nitrogens with zero attached hydrogens (tertiary/aromatic N) is 2. The van der Waals surface area contributed by atoms with Crippen molar-refractivity contribution in [1.82, 2.24) is 10.2 Å². The second-order valence-corrected chi connectivity index (χ2v) is 8.53. The molecule has 5 rings (SSSR count). The van der Waals surface area contributed by atoms with E-state index < -0.39 is 5.66 Å².